The smallest absolute Gasteiger partial charge is 0.0494 e. The van der Waals surface area contributed by atoms with Gasteiger partial charge in [-0.1, -0.05) is 6.92 Å². The average Bonchev–Trinajstić information content (AvgIpc) is 2.16. The van der Waals surface area contributed by atoms with Gasteiger partial charge in [0, 0.05) is 33.4 Å². The molecule has 1 nitrogen and oxygen atoms in total. The molecule has 1 aromatic heterocycles. The van der Waals surface area contributed by atoms with Gasteiger partial charge < -0.3 is 0 Å². The quantitative estimate of drug-likeness (QED) is 0.614. The molecule has 1 aromatic rings. The highest BCUT2D eigenvalue weighted by molar-refractivity contribution is 9.10. The van der Waals surface area contributed by atoms with Gasteiger partial charge in [-0.2, -0.15) is 0 Å². The van der Waals surface area contributed by atoms with E-state index in [-0.39, 0.29) is 0 Å². The molecule has 0 aromatic carbocycles. The van der Waals surface area contributed by atoms with Crippen molar-refractivity contribution in [2.24, 2.45) is 5.92 Å². The summed E-state index contributed by atoms with van der Waals surface area (Å²) < 4.78 is 1.06. The van der Waals surface area contributed by atoms with Crippen molar-refractivity contribution in [1.29, 1.82) is 0 Å². The zero-order valence-corrected chi connectivity index (χ0v) is 10.5. The average molecular weight is 281 g/mol. The summed E-state index contributed by atoms with van der Waals surface area (Å²) in [5.74, 6) is 2.31. The SMILES string of the molecule is CC(CCl)CSc1ccncc1Br. The maximum atomic E-state index is 5.72. The van der Waals surface area contributed by atoms with Crippen molar-refractivity contribution in [3.8, 4) is 0 Å². The Kier molecular flexibility index (Phi) is 5.14. The van der Waals surface area contributed by atoms with Gasteiger partial charge in [0.1, 0.15) is 0 Å². The van der Waals surface area contributed by atoms with Crippen LogP contribution < -0.4 is 0 Å². The van der Waals surface area contributed by atoms with E-state index in [0.29, 0.717) is 5.92 Å². The van der Waals surface area contributed by atoms with E-state index in [2.05, 4.69) is 27.8 Å². The third kappa shape index (κ3) is 3.88. The Morgan fingerprint density at radius 1 is 1.69 bits per heavy atom. The first-order valence-electron chi connectivity index (χ1n) is 4.02. The van der Waals surface area contributed by atoms with E-state index in [9.17, 15) is 0 Å². The van der Waals surface area contributed by atoms with Crippen LogP contribution in [0.4, 0.5) is 0 Å². The highest BCUT2D eigenvalue weighted by atomic mass is 79.9. The molecule has 4 heteroatoms. The maximum absolute atomic E-state index is 5.72. The number of nitrogens with zero attached hydrogens (tertiary/aromatic N) is 1. The number of rotatable bonds is 4. The fourth-order valence-corrected chi connectivity index (χ4v) is 2.52. The van der Waals surface area contributed by atoms with Crippen molar-refractivity contribution in [2.45, 2.75) is 11.8 Å². The van der Waals surface area contributed by atoms with E-state index >= 15 is 0 Å². The zero-order valence-electron chi connectivity index (χ0n) is 7.34. The molecule has 1 atom stereocenters. The minimum atomic E-state index is 0.548. The van der Waals surface area contributed by atoms with E-state index in [1.54, 1.807) is 6.20 Å². The lowest BCUT2D eigenvalue weighted by Crippen LogP contribution is -1.98. The molecule has 0 aliphatic heterocycles. The van der Waals surface area contributed by atoms with Crippen LogP contribution in [0.15, 0.2) is 27.8 Å². The summed E-state index contributed by atoms with van der Waals surface area (Å²) in [4.78, 5) is 5.23. The summed E-state index contributed by atoms with van der Waals surface area (Å²) >= 11 is 11.0. The van der Waals surface area contributed by atoms with Crippen molar-refractivity contribution in [2.75, 3.05) is 11.6 Å². The van der Waals surface area contributed by atoms with Crippen LogP contribution in [0.1, 0.15) is 6.92 Å². The third-order valence-corrected chi connectivity index (χ3v) is 4.35. The number of aromatic nitrogens is 1. The summed E-state index contributed by atoms with van der Waals surface area (Å²) in [5, 5.41) is 0. The monoisotopic (exact) mass is 279 g/mol. The lowest BCUT2D eigenvalue weighted by atomic mass is 10.3. The zero-order chi connectivity index (χ0) is 9.68. The first-order valence-corrected chi connectivity index (χ1v) is 6.33. The van der Waals surface area contributed by atoms with Gasteiger partial charge in [-0.05, 0) is 27.9 Å². The second-order valence-corrected chi connectivity index (χ2v) is 5.10. The Morgan fingerprint density at radius 3 is 3.08 bits per heavy atom. The Hall–Kier alpha value is 0.270. The summed E-state index contributed by atoms with van der Waals surface area (Å²) in [7, 11) is 0. The van der Waals surface area contributed by atoms with Crippen LogP contribution in [0, 0.1) is 5.92 Å². The molecule has 72 valence electrons. The molecule has 0 bridgehead atoms. The molecule has 0 saturated carbocycles. The number of alkyl halides is 1. The van der Waals surface area contributed by atoms with Crippen LogP contribution in [0.25, 0.3) is 0 Å². The van der Waals surface area contributed by atoms with E-state index < -0.39 is 0 Å². The molecule has 0 saturated heterocycles. The Morgan fingerprint density at radius 2 is 2.46 bits per heavy atom. The van der Waals surface area contributed by atoms with E-state index in [1.807, 2.05) is 24.0 Å². The van der Waals surface area contributed by atoms with Crippen LogP contribution in [0.5, 0.6) is 0 Å². The van der Waals surface area contributed by atoms with E-state index in [4.69, 9.17) is 11.6 Å². The Balaban J connectivity index is 2.50. The minimum absolute atomic E-state index is 0.548. The molecular weight excluding hydrogens is 270 g/mol. The number of hydrogen-bond donors (Lipinski definition) is 0. The molecule has 0 spiro atoms. The van der Waals surface area contributed by atoms with Crippen LogP contribution in [-0.4, -0.2) is 16.6 Å². The number of halogens is 2. The molecular formula is C9H11BrClNS. The van der Waals surface area contributed by atoms with Gasteiger partial charge in [-0.25, -0.2) is 0 Å². The molecule has 0 amide bonds. The van der Waals surface area contributed by atoms with E-state index in [0.717, 1.165) is 16.1 Å². The Bertz CT molecular complexity index is 270. The molecule has 1 unspecified atom stereocenters. The summed E-state index contributed by atoms with van der Waals surface area (Å²) in [6.45, 7) is 2.15. The maximum Gasteiger partial charge on any atom is 0.0494 e. The summed E-state index contributed by atoms with van der Waals surface area (Å²) in [6, 6.07) is 2.01. The minimum Gasteiger partial charge on any atom is -0.263 e. The topological polar surface area (TPSA) is 12.9 Å². The lowest BCUT2D eigenvalue weighted by Gasteiger charge is -2.07. The molecule has 1 rings (SSSR count). The van der Waals surface area contributed by atoms with Crippen molar-refractivity contribution >= 4 is 39.3 Å². The second-order valence-electron chi connectivity index (χ2n) is 2.88. The van der Waals surface area contributed by atoms with Gasteiger partial charge in [0.25, 0.3) is 0 Å². The van der Waals surface area contributed by atoms with Gasteiger partial charge in [-0.3, -0.25) is 4.98 Å². The lowest BCUT2D eigenvalue weighted by molar-refractivity contribution is 0.759. The van der Waals surface area contributed by atoms with Crippen molar-refractivity contribution in [3.05, 3.63) is 22.9 Å². The fraction of sp³-hybridized carbons (Fsp3) is 0.444. The van der Waals surface area contributed by atoms with Crippen molar-refractivity contribution in [3.63, 3.8) is 0 Å². The molecule has 0 radical (unpaired) electrons. The molecule has 1 heterocycles. The molecule has 0 N–H and O–H groups in total. The van der Waals surface area contributed by atoms with Gasteiger partial charge in [0.15, 0.2) is 0 Å². The molecule has 0 aliphatic carbocycles. The molecule has 0 aliphatic rings. The summed E-state index contributed by atoms with van der Waals surface area (Å²) in [6.07, 6.45) is 3.62. The van der Waals surface area contributed by atoms with Crippen LogP contribution >= 0.6 is 39.3 Å². The fourth-order valence-electron chi connectivity index (χ4n) is 0.756. The predicted molar refractivity (Wildman–Crippen MR) is 62.5 cm³/mol. The molecule has 0 fully saturated rings. The number of thioether (sulfide) groups is 1. The first kappa shape index (κ1) is 11.3. The first-order chi connectivity index (χ1) is 6.24. The second kappa shape index (κ2) is 5.89. The van der Waals surface area contributed by atoms with Crippen molar-refractivity contribution < 1.29 is 0 Å². The van der Waals surface area contributed by atoms with Crippen LogP contribution in [0.2, 0.25) is 0 Å². The Labute approximate surface area is 96.4 Å². The highest BCUT2D eigenvalue weighted by Gasteiger charge is 2.03. The number of pyridine rings is 1. The third-order valence-electron chi connectivity index (χ3n) is 1.52. The van der Waals surface area contributed by atoms with Gasteiger partial charge >= 0.3 is 0 Å². The predicted octanol–water partition coefficient (Wildman–Crippen LogP) is 3.81. The van der Waals surface area contributed by atoms with Gasteiger partial charge in [0.2, 0.25) is 0 Å². The standard InChI is InChI=1S/C9H11BrClNS/c1-7(4-11)6-13-9-2-3-12-5-8(9)10/h2-3,5,7H,4,6H2,1H3. The largest absolute Gasteiger partial charge is 0.263 e. The van der Waals surface area contributed by atoms with Crippen LogP contribution in [-0.2, 0) is 0 Å². The van der Waals surface area contributed by atoms with Gasteiger partial charge in [0.05, 0.1) is 0 Å². The van der Waals surface area contributed by atoms with E-state index in [1.165, 1.54) is 4.90 Å². The number of hydrogen-bond acceptors (Lipinski definition) is 2. The molecule has 13 heavy (non-hydrogen) atoms. The summed E-state index contributed by atoms with van der Waals surface area (Å²) in [5.41, 5.74) is 0. The van der Waals surface area contributed by atoms with Crippen molar-refractivity contribution in [1.82, 2.24) is 4.98 Å². The van der Waals surface area contributed by atoms with Crippen LogP contribution in [0.3, 0.4) is 0 Å². The highest BCUT2D eigenvalue weighted by Crippen LogP contribution is 2.27. The van der Waals surface area contributed by atoms with Gasteiger partial charge in [-0.15, -0.1) is 23.4 Å². The normalized spacial score (nSPS) is 12.8.